The lowest BCUT2D eigenvalue weighted by atomic mass is 10.2. The number of aryl methyl sites for hydroxylation is 1. The quantitative estimate of drug-likeness (QED) is 0.481. The fourth-order valence-corrected chi connectivity index (χ4v) is 4.26. The van der Waals surface area contributed by atoms with E-state index >= 15 is 0 Å². The van der Waals surface area contributed by atoms with Crippen molar-refractivity contribution >= 4 is 33.2 Å². The zero-order valence-electron chi connectivity index (χ0n) is 18.2. The molecule has 0 saturated carbocycles. The van der Waals surface area contributed by atoms with E-state index in [0.717, 1.165) is 21.7 Å². The van der Waals surface area contributed by atoms with E-state index in [0.29, 0.717) is 28.6 Å². The summed E-state index contributed by atoms with van der Waals surface area (Å²) in [7, 11) is -3.68. The highest BCUT2D eigenvalue weighted by atomic mass is 35.5. The van der Waals surface area contributed by atoms with Crippen molar-refractivity contribution in [1.82, 2.24) is 5.32 Å². The molecule has 1 N–H and O–H groups in total. The highest BCUT2D eigenvalue weighted by molar-refractivity contribution is 7.92. The lowest BCUT2D eigenvalue weighted by Crippen LogP contribution is -2.40. The van der Waals surface area contributed by atoms with E-state index in [1.165, 1.54) is 12.1 Å². The molecule has 3 aromatic carbocycles. The summed E-state index contributed by atoms with van der Waals surface area (Å²) in [5, 5.41) is 3.22. The summed E-state index contributed by atoms with van der Waals surface area (Å²) in [6.07, 6.45) is 1.05. The number of hydrogen-bond acceptors (Lipinski definition) is 4. The Balaban J connectivity index is 1.56. The zero-order valence-corrected chi connectivity index (χ0v) is 19.8. The summed E-state index contributed by atoms with van der Waals surface area (Å²) in [5.74, 6) is -0.101. The van der Waals surface area contributed by atoms with E-state index in [-0.39, 0.29) is 18.9 Å². The Hall–Kier alpha value is -3.10. The van der Waals surface area contributed by atoms with Crippen molar-refractivity contribution in [2.24, 2.45) is 0 Å². The van der Waals surface area contributed by atoms with Gasteiger partial charge in [-0.05, 0) is 66.1 Å². The van der Waals surface area contributed by atoms with Crippen LogP contribution in [0.2, 0.25) is 5.02 Å². The molecular formula is C24H24ClFN2O4S. The maximum Gasteiger partial charge on any atom is 0.241 e. The summed E-state index contributed by atoms with van der Waals surface area (Å²) in [6.45, 7) is 1.92. The molecule has 0 atom stereocenters. The monoisotopic (exact) mass is 490 g/mol. The molecule has 0 aliphatic carbocycles. The van der Waals surface area contributed by atoms with E-state index in [9.17, 15) is 17.6 Å². The third-order valence-corrected chi connectivity index (χ3v) is 6.21. The maximum atomic E-state index is 13.0. The molecule has 3 rings (SSSR count). The predicted octanol–water partition coefficient (Wildman–Crippen LogP) is 4.45. The lowest BCUT2D eigenvalue weighted by molar-refractivity contribution is -0.119. The number of carbonyl (C=O) groups excluding carboxylic acids is 1. The second-order valence-electron chi connectivity index (χ2n) is 7.54. The molecule has 174 valence electrons. The Bertz CT molecular complexity index is 1220. The topological polar surface area (TPSA) is 75.7 Å². The number of ether oxygens (including phenoxy) is 1. The SMILES string of the molecule is Cc1cc(Cl)ccc1N(CC(=O)NCc1ccc(OCc2ccc(F)cc2)cc1)S(C)(=O)=O. The largest absolute Gasteiger partial charge is 0.489 e. The summed E-state index contributed by atoms with van der Waals surface area (Å²) < 4.78 is 44.3. The fraction of sp³-hybridized carbons (Fsp3) is 0.208. The molecule has 3 aromatic rings. The Morgan fingerprint density at radius 3 is 2.27 bits per heavy atom. The van der Waals surface area contributed by atoms with Crippen molar-refractivity contribution in [1.29, 1.82) is 0 Å². The number of hydrogen-bond donors (Lipinski definition) is 1. The van der Waals surface area contributed by atoms with Crippen LogP contribution < -0.4 is 14.4 Å². The molecule has 0 heterocycles. The summed E-state index contributed by atoms with van der Waals surface area (Å²) >= 11 is 5.96. The van der Waals surface area contributed by atoms with E-state index in [4.69, 9.17) is 16.3 Å². The van der Waals surface area contributed by atoms with Gasteiger partial charge < -0.3 is 10.1 Å². The minimum Gasteiger partial charge on any atom is -0.489 e. The molecule has 6 nitrogen and oxygen atoms in total. The average molecular weight is 491 g/mol. The average Bonchev–Trinajstić information content (AvgIpc) is 2.76. The summed E-state index contributed by atoms with van der Waals surface area (Å²) in [4.78, 5) is 12.5. The van der Waals surface area contributed by atoms with Crippen LogP contribution in [0.25, 0.3) is 0 Å². The van der Waals surface area contributed by atoms with Gasteiger partial charge in [-0.15, -0.1) is 0 Å². The number of anilines is 1. The fourth-order valence-electron chi connectivity index (χ4n) is 3.12. The number of carbonyl (C=O) groups is 1. The third kappa shape index (κ3) is 7.20. The Labute approximate surface area is 198 Å². The standard InChI is InChI=1S/C24H24ClFN2O4S/c1-17-13-20(25)7-12-23(17)28(33(2,30)31)15-24(29)27-14-18-5-10-22(11-6-18)32-16-19-3-8-21(26)9-4-19/h3-13H,14-16H2,1-2H3,(H,27,29). The number of amides is 1. The van der Waals surface area contributed by atoms with Crippen LogP contribution in [0.1, 0.15) is 16.7 Å². The molecule has 0 aromatic heterocycles. The van der Waals surface area contributed by atoms with Crippen LogP contribution in [0, 0.1) is 12.7 Å². The van der Waals surface area contributed by atoms with Crippen LogP contribution >= 0.6 is 11.6 Å². The first-order chi connectivity index (χ1) is 15.6. The maximum absolute atomic E-state index is 13.0. The van der Waals surface area contributed by atoms with Gasteiger partial charge in [-0.25, -0.2) is 12.8 Å². The second-order valence-corrected chi connectivity index (χ2v) is 9.88. The van der Waals surface area contributed by atoms with Crippen molar-refractivity contribution in [2.45, 2.75) is 20.1 Å². The van der Waals surface area contributed by atoms with Gasteiger partial charge in [0, 0.05) is 11.6 Å². The molecular weight excluding hydrogens is 467 g/mol. The van der Waals surface area contributed by atoms with Crippen LogP contribution in [0.15, 0.2) is 66.7 Å². The van der Waals surface area contributed by atoms with Gasteiger partial charge in [0.15, 0.2) is 0 Å². The van der Waals surface area contributed by atoms with E-state index in [1.807, 2.05) is 0 Å². The number of sulfonamides is 1. The minimum absolute atomic E-state index is 0.230. The number of nitrogens with one attached hydrogen (secondary N) is 1. The second kappa shape index (κ2) is 10.7. The number of benzene rings is 3. The lowest BCUT2D eigenvalue weighted by Gasteiger charge is -2.23. The highest BCUT2D eigenvalue weighted by Crippen LogP contribution is 2.25. The van der Waals surface area contributed by atoms with E-state index < -0.39 is 15.9 Å². The van der Waals surface area contributed by atoms with Crippen molar-refractivity contribution < 1.29 is 22.3 Å². The Morgan fingerprint density at radius 1 is 1.03 bits per heavy atom. The van der Waals surface area contributed by atoms with Crippen LogP contribution in [0.4, 0.5) is 10.1 Å². The van der Waals surface area contributed by atoms with Crippen LogP contribution in [-0.4, -0.2) is 27.1 Å². The molecule has 0 spiro atoms. The molecule has 9 heteroatoms. The summed E-state index contributed by atoms with van der Waals surface area (Å²) in [5.41, 5.74) is 2.72. The van der Waals surface area contributed by atoms with Crippen LogP contribution in [-0.2, 0) is 28.0 Å². The van der Waals surface area contributed by atoms with E-state index in [1.54, 1.807) is 61.5 Å². The van der Waals surface area contributed by atoms with Gasteiger partial charge in [0.05, 0.1) is 11.9 Å². The molecule has 0 radical (unpaired) electrons. The first-order valence-corrected chi connectivity index (χ1v) is 12.3. The van der Waals surface area contributed by atoms with Crippen molar-refractivity contribution in [3.05, 3.63) is 94.3 Å². The highest BCUT2D eigenvalue weighted by Gasteiger charge is 2.22. The van der Waals surface area contributed by atoms with E-state index in [2.05, 4.69) is 5.32 Å². The molecule has 0 bridgehead atoms. The Kier molecular flexibility index (Phi) is 7.94. The first kappa shape index (κ1) is 24.5. The van der Waals surface area contributed by atoms with Crippen LogP contribution in [0.3, 0.4) is 0 Å². The van der Waals surface area contributed by atoms with Gasteiger partial charge in [0.2, 0.25) is 15.9 Å². The number of halogens is 2. The molecule has 0 saturated heterocycles. The van der Waals surface area contributed by atoms with Crippen LogP contribution in [0.5, 0.6) is 5.75 Å². The van der Waals surface area contributed by atoms with Gasteiger partial charge >= 0.3 is 0 Å². The van der Waals surface area contributed by atoms with Gasteiger partial charge in [0.1, 0.15) is 24.7 Å². The molecule has 0 fully saturated rings. The summed E-state index contributed by atoms with van der Waals surface area (Å²) in [6, 6.07) is 18.0. The minimum atomic E-state index is -3.68. The molecule has 0 aliphatic rings. The first-order valence-electron chi connectivity index (χ1n) is 10.1. The van der Waals surface area contributed by atoms with Crippen molar-refractivity contribution in [2.75, 3.05) is 17.1 Å². The van der Waals surface area contributed by atoms with Gasteiger partial charge in [-0.3, -0.25) is 9.10 Å². The third-order valence-electron chi connectivity index (χ3n) is 4.85. The predicted molar refractivity (Wildman–Crippen MR) is 127 cm³/mol. The Morgan fingerprint density at radius 2 is 1.67 bits per heavy atom. The zero-order chi connectivity index (χ0) is 24.0. The smallest absolute Gasteiger partial charge is 0.241 e. The number of nitrogens with zero attached hydrogens (tertiary/aromatic N) is 1. The van der Waals surface area contributed by atoms with Gasteiger partial charge in [-0.2, -0.15) is 0 Å². The normalized spacial score (nSPS) is 11.2. The molecule has 33 heavy (non-hydrogen) atoms. The van der Waals surface area contributed by atoms with Crippen molar-refractivity contribution in [3.8, 4) is 5.75 Å². The van der Waals surface area contributed by atoms with Crippen molar-refractivity contribution in [3.63, 3.8) is 0 Å². The van der Waals surface area contributed by atoms with Gasteiger partial charge in [0.25, 0.3) is 0 Å². The molecule has 0 unspecified atom stereocenters. The molecule has 1 amide bonds. The number of rotatable bonds is 9. The molecule has 0 aliphatic heterocycles. The van der Waals surface area contributed by atoms with Gasteiger partial charge in [-0.1, -0.05) is 35.9 Å².